The molecule has 1 aromatic rings. The molecule has 0 amide bonds. The van der Waals surface area contributed by atoms with E-state index in [2.05, 4.69) is 23.9 Å². The molecule has 2 rings (SSSR count). The molecule has 1 aliphatic rings. The minimum Gasteiger partial charge on any atom is -0.300 e. The molecule has 1 aromatic heterocycles. The lowest BCUT2D eigenvalue weighted by Gasteiger charge is -2.22. The molecule has 1 unspecified atom stereocenters. The molecule has 1 fully saturated rings. The van der Waals surface area contributed by atoms with Gasteiger partial charge in [0.05, 0.1) is 6.04 Å². The molecule has 4 nitrogen and oxygen atoms in total. The first-order valence-electron chi connectivity index (χ1n) is 6.20. The van der Waals surface area contributed by atoms with Gasteiger partial charge < -0.3 is 0 Å². The van der Waals surface area contributed by atoms with Crippen LogP contribution in [0.3, 0.4) is 0 Å². The van der Waals surface area contributed by atoms with Crippen LogP contribution in [0.1, 0.15) is 57.2 Å². The summed E-state index contributed by atoms with van der Waals surface area (Å²) in [6.45, 7) is 4.15. The lowest BCUT2D eigenvalue weighted by molar-refractivity contribution is -0.121. The lowest BCUT2D eigenvalue weighted by atomic mass is 9.94. The smallest absolute Gasteiger partial charge is 0.150 e. The number of aryl methyl sites for hydroxylation is 2. The van der Waals surface area contributed by atoms with Crippen molar-refractivity contribution >= 4 is 5.78 Å². The van der Waals surface area contributed by atoms with Crippen molar-refractivity contribution in [3.05, 3.63) is 11.6 Å². The van der Waals surface area contributed by atoms with E-state index in [4.69, 9.17) is 0 Å². The van der Waals surface area contributed by atoms with E-state index in [0.29, 0.717) is 12.2 Å². The maximum absolute atomic E-state index is 11.5. The minimum atomic E-state index is 0.254. The van der Waals surface area contributed by atoms with Crippen LogP contribution in [0.15, 0.2) is 0 Å². The third-order valence-corrected chi connectivity index (χ3v) is 3.18. The average molecular weight is 221 g/mol. The van der Waals surface area contributed by atoms with Crippen LogP contribution in [0.2, 0.25) is 0 Å². The van der Waals surface area contributed by atoms with Gasteiger partial charge in [0.2, 0.25) is 0 Å². The predicted molar refractivity (Wildman–Crippen MR) is 61.3 cm³/mol. The summed E-state index contributed by atoms with van der Waals surface area (Å²) in [5.41, 5.74) is 0. The van der Waals surface area contributed by atoms with Crippen LogP contribution < -0.4 is 0 Å². The summed E-state index contributed by atoms with van der Waals surface area (Å²) < 4.78 is 2.00. The first-order valence-corrected chi connectivity index (χ1v) is 6.20. The Morgan fingerprint density at radius 2 is 2.19 bits per heavy atom. The second-order valence-electron chi connectivity index (χ2n) is 4.38. The van der Waals surface area contributed by atoms with Crippen molar-refractivity contribution in [3.63, 3.8) is 0 Å². The summed E-state index contributed by atoms with van der Waals surface area (Å²) in [4.78, 5) is 15.9. The van der Waals surface area contributed by atoms with Crippen LogP contribution in [-0.4, -0.2) is 20.5 Å². The zero-order valence-corrected chi connectivity index (χ0v) is 10.1. The fourth-order valence-electron chi connectivity index (χ4n) is 2.30. The SMILES string of the molecule is CCc1nc(CC)n(C2CCCC(=O)C2)n1. The summed E-state index contributed by atoms with van der Waals surface area (Å²) in [7, 11) is 0. The fourth-order valence-corrected chi connectivity index (χ4v) is 2.30. The third kappa shape index (κ3) is 2.15. The van der Waals surface area contributed by atoms with Gasteiger partial charge in [-0.15, -0.1) is 0 Å². The number of ketones is 1. The Labute approximate surface area is 96.1 Å². The van der Waals surface area contributed by atoms with E-state index >= 15 is 0 Å². The van der Waals surface area contributed by atoms with Gasteiger partial charge in [-0.25, -0.2) is 9.67 Å². The van der Waals surface area contributed by atoms with Crippen LogP contribution in [0.5, 0.6) is 0 Å². The highest BCUT2D eigenvalue weighted by atomic mass is 16.1. The van der Waals surface area contributed by atoms with Crippen LogP contribution in [0.4, 0.5) is 0 Å². The molecule has 1 atom stereocenters. The summed E-state index contributed by atoms with van der Waals surface area (Å²) >= 11 is 0. The van der Waals surface area contributed by atoms with E-state index in [1.54, 1.807) is 0 Å². The van der Waals surface area contributed by atoms with E-state index in [1.807, 2.05) is 4.68 Å². The van der Waals surface area contributed by atoms with Crippen molar-refractivity contribution in [3.8, 4) is 0 Å². The Morgan fingerprint density at radius 3 is 2.81 bits per heavy atom. The van der Waals surface area contributed by atoms with Crippen LogP contribution in [0.25, 0.3) is 0 Å². The minimum absolute atomic E-state index is 0.254. The van der Waals surface area contributed by atoms with Gasteiger partial charge in [0.15, 0.2) is 5.82 Å². The van der Waals surface area contributed by atoms with Crippen molar-refractivity contribution in [2.24, 2.45) is 0 Å². The first-order chi connectivity index (χ1) is 7.74. The molecule has 0 saturated heterocycles. The highest BCUT2D eigenvalue weighted by molar-refractivity contribution is 5.79. The second-order valence-corrected chi connectivity index (χ2v) is 4.38. The largest absolute Gasteiger partial charge is 0.300 e. The summed E-state index contributed by atoms with van der Waals surface area (Å²) in [6, 6.07) is 0.254. The molecule has 0 N–H and O–H groups in total. The molecule has 0 radical (unpaired) electrons. The van der Waals surface area contributed by atoms with E-state index in [9.17, 15) is 4.79 Å². The molecule has 1 aliphatic carbocycles. The van der Waals surface area contributed by atoms with Gasteiger partial charge in [-0.1, -0.05) is 13.8 Å². The Bertz CT molecular complexity index is 384. The summed E-state index contributed by atoms with van der Waals surface area (Å²) in [5.74, 6) is 2.29. The van der Waals surface area contributed by atoms with Crippen molar-refractivity contribution in [2.75, 3.05) is 0 Å². The summed E-state index contributed by atoms with van der Waals surface area (Å²) in [5, 5.41) is 4.51. The van der Waals surface area contributed by atoms with Crippen molar-refractivity contribution in [1.82, 2.24) is 14.8 Å². The van der Waals surface area contributed by atoms with E-state index in [1.165, 1.54) is 0 Å². The van der Waals surface area contributed by atoms with E-state index in [-0.39, 0.29) is 6.04 Å². The zero-order chi connectivity index (χ0) is 11.5. The molecule has 16 heavy (non-hydrogen) atoms. The van der Waals surface area contributed by atoms with Crippen molar-refractivity contribution in [1.29, 1.82) is 0 Å². The predicted octanol–water partition coefficient (Wildman–Crippen LogP) is 2.09. The first kappa shape index (κ1) is 11.3. The second kappa shape index (κ2) is 4.76. The molecule has 88 valence electrons. The van der Waals surface area contributed by atoms with Gasteiger partial charge in [-0.2, -0.15) is 5.10 Å². The van der Waals surface area contributed by atoms with Gasteiger partial charge in [-0.05, 0) is 12.8 Å². The molecule has 0 aliphatic heterocycles. The number of aromatic nitrogens is 3. The van der Waals surface area contributed by atoms with Crippen LogP contribution in [0, 0.1) is 0 Å². The van der Waals surface area contributed by atoms with Gasteiger partial charge >= 0.3 is 0 Å². The van der Waals surface area contributed by atoms with E-state index < -0.39 is 0 Å². The summed E-state index contributed by atoms with van der Waals surface area (Å²) in [6.07, 6.45) is 5.18. The van der Waals surface area contributed by atoms with Crippen LogP contribution in [-0.2, 0) is 17.6 Å². The number of Topliss-reactive ketones (excluding diaryl/α,β-unsaturated/α-hetero) is 1. The standard InChI is InChI=1S/C12H19N3O/c1-3-11-13-12(4-2)15(14-11)9-6-5-7-10(16)8-9/h9H,3-8H2,1-2H3. The van der Waals surface area contributed by atoms with Crippen LogP contribution >= 0.6 is 0 Å². The molecule has 0 aromatic carbocycles. The van der Waals surface area contributed by atoms with Gasteiger partial charge in [0, 0.05) is 25.7 Å². The number of hydrogen-bond acceptors (Lipinski definition) is 3. The third-order valence-electron chi connectivity index (χ3n) is 3.18. The fraction of sp³-hybridized carbons (Fsp3) is 0.750. The highest BCUT2D eigenvalue weighted by Gasteiger charge is 2.24. The molecular formula is C12H19N3O. The van der Waals surface area contributed by atoms with Gasteiger partial charge in [-0.3, -0.25) is 4.79 Å². The van der Waals surface area contributed by atoms with Crippen molar-refractivity contribution < 1.29 is 4.79 Å². The Balaban J connectivity index is 2.23. The monoisotopic (exact) mass is 221 g/mol. The lowest BCUT2D eigenvalue weighted by Crippen LogP contribution is -2.21. The van der Waals surface area contributed by atoms with Gasteiger partial charge in [0.25, 0.3) is 0 Å². The number of rotatable bonds is 3. The molecule has 4 heteroatoms. The Hall–Kier alpha value is -1.19. The highest BCUT2D eigenvalue weighted by Crippen LogP contribution is 2.26. The maximum Gasteiger partial charge on any atom is 0.150 e. The quantitative estimate of drug-likeness (QED) is 0.785. The number of nitrogens with zero attached hydrogens (tertiary/aromatic N) is 3. The Morgan fingerprint density at radius 1 is 1.38 bits per heavy atom. The zero-order valence-electron chi connectivity index (χ0n) is 10.1. The number of carbonyl (C=O) groups excluding carboxylic acids is 1. The molecular weight excluding hydrogens is 202 g/mol. The molecule has 0 bridgehead atoms. The van der Waals surface area contributed by atoms with E-state index in [0.717, 1.165) is 43.8 Å². The number of hydrogen-bond donors (Lipinski definition) is 0. The van der Waals surface area contributed by atoms with Gasteiger partial charge in [0.1, 0.15) is 11.6 Å². The van der Waals surface area contributed by atoms with Crippen molar-refractivity contribution in [2.45, 2.75) is 58.4 Å². The molecule has 1 heterocycles. The normalized spacial score (nSPS) is 21.4. The Kier molecular flexibility index (Phi) is 3.36. The topological polar surface area (TPSA) is 47.8 Å². The molecule has 1 saturated carbocycles. The maximum atomic E-state index is 11.5. The number of carbonyl (C=O) groups is 1. The average Bonchev–Trinajstić information content (AvgIpc) is 2.72. The molecule has 0 spiro atoms.